The van der Waals surface area contributed by atoms with E-state index >= 15 is 0 Å². The Morgan fingerprint density at radius 2 is 2.00 bits per heavy atom. The number of benzene rings is 1. The Morgan fingerprint density at radius 1 is 1.28 bits per heavy atom. The molecule has 1 aromatic heterocycles. The normalized spacial score (nSPS) is 16.1. The van der Waals surface area contributed by atoms with Crippen molar-refractivity contribution < 1.29 is 13.3 Å². The van der Waals surface area contributed by atoms with E-state index in [4.69, 9.17) is 0 Å². The van der Waals surface area contributed by atoms with Crippen LogP contribution in [0.5, 0.6) is 0 Å². The number of thiophene rings is 1. The van der Waals surface area contributed by atoms with Crippen molar-refractivity contribution in [2.45, 2.75) is 23.1 Å². The van der Waals surface area contributed by atoms with Crippen LogP contribution in [-0.4, -0.2) is 32.5 Å². The molecule has 1 aromatic carbocycles. The molecule has 1 aliphatic rings. The number of halogens is 1. The molecular formula is C15H16BrN3O4S2. The van der Waals surface area contributed by atoms with Crippen molar-refractivity contribution in [3.8, 4) is 0 Å². The van der Waals surface area contributed by atoms with Gasteiger partial charge in [-0.15, -0.1) is 11.3 Å². The Morgan fingerprint density at radius 3 is 2.56 bits per heavy atom. The quantitative estimate of drug-likeness (QED) is 0.562. The van der Waals surface area contributed by atoms with Gasteiger partial charge in [-0.1, -0.05) is 6.07 Å². The van der Waals surface area contributed by atoms with Crippen LogP contribution in [0.4, 0.5) is 11.4 Å². The molecule has 0 saturated carbocycles. The first-order valence-corrected chi connectivity index (χ1v) is 10.8. The molecule has 0 atom stereocenters. The number of piperidine rings is 1. The molecule has 134 valence electrons. The summed E-state index contributed by atoms with van der Waals surface area (Å²) in [6, 6.07) is 7.88. The van der Waals surface area contributed by atoms with E-state index in [9.17, 15) is 18.5 Å². The minimum Gasteiger partial charge on any atom is -0.370 e. The molecule has 1 N–H and O–H groups in total. The van der Waals surface area contributed by atoms with E-state index < -0.39 is 14.9 Å². The number of nitro groups is 1. The lowest BCUT2D eigenvalue weighted by Crippen LogP contribution is -2.44. The summed E-state index contributed by atoms with van der Waals surface area (Å²) in [5.41, 5.74) is 0.916. The Balaban J connectivity index is 1.63. The van der Waals surface area contributed by atoms with Gasteiger partial charge >= 0.3 is 0 Å². The fraction of sp³-hybridized carbons (Fsp3) is 0.333. The molecule has 0 aliphatic carbocycles. The highest BCUT2D eigenvalue weighted by Crippen LogP contribution is 2.32. The van der Waals surface area contributed by atoms with Crippen molar-refractivity contribution in [1.29, 1.82) is 0 Å². The van der Waals surface area contributed by atoms with Crippen LogP contribution in [0.3, 0.4) is 0 Å². The van der Waals surface area contributed by atoms with Crippen molar-refractivity contribution in [3.63, 3.8) is 0 Å². The van der Waals surface area contributed by atoms with Crippen LogP contribution < -0.4 is 9.62 Å². The van der Waals surface area contributed by atoms with Gasteiger partial charge < -0.3 is 4.90 Å². The van der Waals surface area contributed by atoms with Gasteiger partial charge in [-0.05, 0) is 46.3 Å². The topological polar surface area (TPSA) is 92.6 Å². The van der Waals surface area contributed by atoms with Gasteiger partial charge in [0, 0.05) is 35.7 Å². The second-order valence-corrected chi connectivity index (χ2v) is 9.45. The van der Waals surface area contributed by atoms with Crippen molar-refractivity contribution in [2.75, 3.05) is 18.0 Å². The average Bonchev–Trinajstić information content (AvgIpc) is 3.11. The van der Waals surface area contributed by atoms with Crippen LogP contribution in [0, 0.1) is 10.1 Å². The maximum atomic E-state index is 12.3. The maximum Gasteiger partial charge on any atom is 0.270 e. The number of rotatable bonds is 5. The van der Waals surface area contributed by atoms with E-state index in [1.165, 1.54) is 23.5 Å². The molecular weight excluding hydrogens is 430 g/mol. The SMILES string of the molecule is O=[N+]([O-])c1ccc(N2CCC(NS(=O)(=O)c3cccs3)CC2)c(Br)c1. The van der Waals surface area contributed by atoms with Crippen molar-refractivity contribution >= 4 is 48.7 Å². The average molecular weight is 446 g/mol. The summed E-state index contributed by atoms with van der Waals surface area (Å²) < 4.78 is 28.3. The molecule has 0 amide bonds. The van der Waals surface area contributed by atoms with Crippen LogP contribution in [0.1, 0.15) is 12.8 Å². The zero-order valence-corrected chi connectivity index (χ0v) is 16.3. The Labute approximate surface area is 158 Å². The van der Waals surface area contributed by atoms with Crippen molar-refractivity contribution in [1.82, 2.24) is 4.72 Å². The highest BCUT2D eigenvalue weighted by atomic mass is 79.9. The first kappa shape index (κ1) is 18.3. The number of non-ortho nitro benzene ring substituents is 1. The minimum absolute atomic E-state index is 0.0363. The molecule has 1 fully saturated rings. The van der Waals surface area contributed by atoms with Crippen LogP contribution >= 0.6 is 27.3 Å². The first-order valence-electron chi connectivity index (χ1n) is 7.61. The number of nitrogens with zero attached hydrogens (tertiary/aromatic N) is 2. The predicted molar refractivity (Wildman–Crippen MR) is 101 cm³/mol. The third-order valence-corrected chi connectivity index (χ3v) is 7.61. The molecule has 1 aliphatic heterocycles. The molecule has 7 nitrogen and oxygen atoms in total. The van der Waals surface area contributed by atoms with E-state index in [2.05, 4.69) is 25.6 Å². The molecule has 1 saturated heterocycles. The van der Waals surface area contributed by atoms with Crippen molar-refractivity contribution in [3.05, 3.63) is 50.3 Å². The summed E-state index contributed by atoms with van der Waals surface area (Å²) in [4.78, 5) is 12.5. The second-order valence-electron chi connectivity index (χ2n) is 5.71. The van der Waals surface area contributed by atoms with Gasteiger partial charge in [0.25, 0.3) is 5.69 Å². The standard InChI is InChI=1S/C15H16BrN3O4S2/c16-13-10-12(19(20)21)3-4-14(13)18-7-5-11(6-8-18)17-25(22,23)15-2-1-9-24-15/h1-4,9-11,17H,5-8H2. The number of nitrogens with one attached hydrogen (secondary N) is 1. The predicted octanol–water partition coefficient (Wildman–Crippen LogP) is 3.37. The number of hydrogen-bond acceptors (Lipinski definition) is 6. The van der Waals surface area contributed by atoms with Gasteiger partial charge in [0.1, 0.15) is 4.21 Å². The third-order valence-electron chi connectivity index (χ3n) is 4.06. The molecule has 25 heavy (non-hydrogen) atoms. The number of hydrogen-bond donors (Lipinski definition) is 1. The van der Waals surface area contributed by atoms with Crippen LogP contribution in [0.25, 0.3) is 0 Å². The summed E-state index contributed by atoms with van der Waals surface area (Å²) in [5, 5.41) is 12.6. The highest BCUT2D eigenvalue weighted by Gasteiger charge is 2.26. The Hall–Kier alpha value is -1.49. The molecule has 2 heterocycles. The minimum atomic E-state index is -3.46. The zero-order valence-electron chi connectivity index (χ0n) is 13.1. The number of sulfonamides is 1. The zero-order chi connectivity index (χ0) is 18.0. The third kappa shape index (κ3) is 4.20. The van der Waals surface area contributed by atoms with E-state index in [0.717, 1.165) is 5.69 Å². The largest absolute Gasteiger partial charge is 0.370 e. The summed E-state index contributed by atoms with van der Waals surface area (Å²) >= 11 is 4.58. The van der Waals surface area contributed by atoms with Gasteiger partial charge in [-0.25, -0.2) is 13.1 Å². The summed E-state index contributed by atoms with van der Waals surface area (Å²) in [5.74, 6) is 0. The lowest BCUT2D eigenvalue weighted by molar-refractivity contribution is -0.384. The van der Waals surface area contributed by atoms with Gasteiger partial charge in [0.2, 0.25) is 10.0 Å². The van der Waals surface area contributed by atoms with E-state index in [0.29, 0.717) is 34.6 Å². The first-order chi connectivity index (χ1) is 11.9. The van der Waals surface area contributed by atoms with Gasteiger partial charge in [-0.2, -0.15) is 0 Å². The second kappa shape index (κ2) is 7.40. The molecule has 10 heteroatoms. The van der Waals surface area contributed by atoms with Gasteiger partial charge in [-0.3, -0.25) is 10.1 Å². The molecule has 0 spiro atoms. The Kier molecular flexibility index (Phi) is 5.42. The molecule has 0 bridgehead atoms. The van der Waals surface area contributed by atoms with Crippen LogP contribution in [-0.2, 0) is 10.0 Å². The van der Waals surface area contributed by atoms with Gasteiger partial charge in [0.15, 0.2) is 0 Å². The lowest BCUT2D eigenvalue weighted by Gasteiger charge is -2.34. The monoisotopic (exact) mass is 445 g/mol. The summed E-state index contributed by atoms with van der Waals surface area (Å²) in [6.07, 6.45) is 1.35. The van der Waals surface area contributed by atoms with Crippen LogP contribution in [0.15, 0.2) is 44.4 Å². The highest BCUT2D eigenvalue weighted by molar-refractivity contribution is 9.10. The molecule has 2 aromatic rings. The molecule has 0 unspecified atom stereocenters. The number of nitro benzene ring substituents is 1. The lowest BCUT2D eigenvalue weighted by atomic mass is 10.1. The van der Waals surface area contributed by atoms with Crippen LogP contribution in [0.2, 0.25) is 0 Å². The smallest absolute Gasteiger partial charge is 0.270 e. The molecule has 3 rings (SSSR count). The van der Waals surface area contributed by atoms with E-state index in [1.54, 1.807) is 23.6 Å². The van der Waals surface area contributed by atoms with E-state index in [1.807, 2.05) is 0 Å². The fourth-order valence-electron chi connectivity index (χ4n) is 2.80. The van der Waals surface area contributed by atoms with Crippen molar-refractivity contribution in [2.24, 2.45) is 0 Å². The molecule has 0 radical (unpaired) electrons. The van der Waals surface area contributed by atoms with E-state index in [-0.39, 0.29) is 11.7 Å². The maximum absolute atomic E-state index is 12.3. The fourth-order valence-corrected chi connectivity index (χ4v) is 5.73. The summed E-state index contributed by atoms with van der Waals surface area (Å²) in [7, 11) is -3.46. The Bertz CT molecular complexity index is 863. The summed E-state index contributed by atoms with van der Waals surface area (Å²) in [6.45, 7) is 1.35. The van der Waals surface area contributed by atoms with Gasteiger partial charge in [0.05, 0.1) is 10.6 Å². The number of anilines is 1.